The molecule has 0 amide bonds. The Morgan fingerprint density at radius 1 is 1.00 bits per heavy atom. The summed E-state index contributed by atoms with van der Waals surface area (Å²) in [7, 11) is -2.50. The molecule has 10 heteroatoms. The molecule has 3 aromatic rings. The fraction of sp³-hybridized carbons (Fsp3) is 0.136. The summed E-state index contributed by atoms with van der Waals surface area (Å²) < 4.78 is 72.1. The maximum atomic E-state index is 14.0. The van der Waals surface area contributed by atoms with Crippen molar-refractivity contribution >= 4 is 16.0 Å². The minimum atomic E-state index is -3.86. The molecule has 0 fully saturated rings. The third-order valence-electron chi connectivity index (χ3n) is 4.59. The van der Waals surface area contributed by atoms with E-state index in [4.69, 9.17) is 4.74 Å². The maximum Gasteiger partial charge on any atom is 0.349 e. The van der Waals surface area contributed by atoms with Gasteiger partial charge in [-0.05, 0) is 48.0 Å². The van der Waals surface area contributed by atoms with E-state index >= 15 is 0 Å². The molecule has 0 bridgehead atoms. The second kappa shape index (κ2) is 9.41. The third kappa shape index (κ3) is 5.09. The molecule has 1 atom stereocenters. The number of rotatable bonds is 8. The normalized spacial score (nSPS) is 12.5. The summed E-state index contributed by atoms with van der Waals surface area (Å²) in [5.74, 6) is -4.51. The molecule has 3 rings (SSSR count). The van der Waals surface area contributed by atoms with Crippen LogP contribution in [0.1, 0.15) is 17.2 Å². The summed E-state index contributed by atoms with van der Waals surface area (Å²) in [5, 5.41) is 9.38. The Bertz CT molecular complexity index is 1220. The summed E-state index contributed by atoms with van der Waals surface area (Å²) >= 11 is 0. The molecule has 0 saturated heterocycles. The van der Waals surface area contributed by atoms with Crippen molar-refractivity contribution in [3.05, 3.63) is 95.3 Å². The van der Waals surface area contributed by atoms with E-state index in [2.05, 4.69) is 0 Å². The van der Waals surface area contributed by atoms with Gasteiger partial charge in [0.1, 0.15) is 11.6 Å². The molecule has 0 aromatic heterocycles. The van der Waals surface area contributed by atoms with E-state index in [0.29, 0.717) is 5.56 Å². The van der Waals surface area contributed by atoms with Crippen LogP contribution >= 0.6 is 0 Å². The van der Waals surface area contributed by atoms with Crippen molar-refractivity contribution in [1.29, 1.82) is 0 Å². The van der Waals surface area contributed by atoms with Gasteiger partial charge in [-0.3, -0.25) is 0 Å². The molecule has 0 heterocycles. The minimum absolute atomic E-state index is 0.0269. The quantitative estimate of drug-likeness (QED) is 0.541. The predicted octanol–water partition coefficient (Wildman–Crippen LogP) is 4.13. The number of carboxylic acids is 1. The van der Waals surface area contributed by atoms with Gasteiger partial charge in [-0.2, -0.15) is 4.31 Å². The molecule has 168 valence electrons. The van der Waals surface area contributed by atoms with Crippen molar-refractivity contribution in [3.8, 4) is 5.75 Å². The van der Waals surface area contributed by atoms with Crippen LogP contribution in [0.5, 0.6) is 5.75 Å². The van der Waals surface area contributed by atoms with Crippen molar-refractivity contribution in [1.82, 2.24) is 4.31 Å². The Labute approximate surface area is 182 Å². The number of ether oxygens (including phenoxy) is 1. The summed E-state index contributed by atoms with van der Waals surface area (Å²) in [6.45, 7) is -0.0269. The van der Waals surface area contributed by atoms with Gasteiger partial charge in [-0.1, -0.05) is 24.3 Å². The lowest BCUT2D eigenvalue weighted by atomic mass is 10.1. The second-order valence-electron chi connectivity index (χ2n) is 6.84. The molecule has 0 spiro atoms. The Morgan fingerprint density at radius 3 is 2.22 bits per heavy atom. The monoisotopic (exact) mass is 465 g/mol. The first-order valence-electron chi connectivity index (χ1n) is 9.24. The van der Waals surface area contributed by atoms with E-state index in [9.17, 15) is 31.5 Å². The van der Waals surface area contributed by atoms with Crippen LogP contribution in [-0.2, 0) is 21.4 Å². The van der Waals surface area contributed by atoms with Crippen molar-refractivity contribution in [2.45, 2.75) is 17.5 Å². The highest BCUT2D eigenvalue weighted by Crippen LogP contribution is 2.26. The zero-order chi connectivity index (χ0) is 23.5. The van der Waals surface area contributed by atoms with Crippen LogP contribution in [0.3, 0.4) is 0 Å². The zero-order valence-corrected chi connectivity index (χ0v) is 17.5. The Balaban J connectivity index is 1.74. The largest absolute Gasteiger partial charge is 0.478 e. The van der Waals surface area contributed by atoms with Crippen molar-refractivity contribution in [2.24, 2.45) is 0 Å². The van der Waals surface area contributed by atoms with Crippen LogP contribution in [0.25, 0.3) is 0 Å². The number of benzene rings is 3. The number of aliphatic carboxylic acids is 1. The summed E-state index contributed by atoms with van der Waals surface area (Å²) in [6, 6.07) is 13.4. The average molecular weight is 465 g/mol. The van der Waals surface area contributed by atoms with Gasteiger partial charge in [0.25, 0.3) is 0 Å². The molecule has 0 aliphatic carbocycles. The van der Waals surface area contributed by atoms with Crippen LogP contribution in [0, 0.1) is 17.5 Å². The SMILES string of the molecule is CN(Cc1ccc(OC(C(=O)O)c2cccc(F)c2F)cc1)S(=O)(=O)c1ccc(F)cc1. The molecular weight excluding hydrogens is 447 g/mol. The molecule has 0 saturated carbocycles. The van der Waals surface area contributed by atoms with Gasteiger partial charge in [-0.15, -0.1) is 0 Å². The average Bonchev–Trinajstić information content (AvgIpc) is 2.75. The number of carboxylic acid groups (broad SMARTS) is 1. The lowest BCUT2D eigenvalue weighted by molar-refractivity contribution is -0.145. The van der Waals surface area contributed by atoms with Gasteiger partial charge >= 0.3 is 5.97 Å². The summed E-state index contributed by atoms with van der Waals surface area (Å²) in [4.78, 5) is 11.5. The maximum absolute atomic E-state index is 14.0. The van der Waals surface area contributed by atoms with Crippen molar-refractivity contribution < 1.29 is 36.2 Å². The first-order chi connectivity index (χ1) is 15.1. The lowest BCUT2D eigenvalue weighted by Crippen LogP contribution is -2.26. The minimum Gasteiger partial charge on any atom is -0.478 e. The number of hydrogen-bond acceptors (Lipinski definition) is 4. The Morgan fingerprint density at radius 2 is 1.62 bits per heavy atom. The fourth-order valence-corrected chi connectivity index (χ4v) is 4.07. The van der Waals surface area contributed by atoms with Crippen LogP contribution in [0.4, 0.5) is 13.2 Å². The lowest BCUT2D eigenvalue weighted by Gasteiger charge is -2.19. The van der Waals surface area contributed by atoms with Gasteiger partial charge < -0.3 is 9.84 Å². The first-order valence-corrected chi connectivity index (χ1v) is 10.7. The van der Waals surface area contributed by atoms with Crippen molar-refractivity contribution in [3.63, 3.8) is 0 Å². The van der Waals surface area contributed by atoms with E-state index in [-0.39, 0.29) is 17.2 Å². The standard InChI is InChI=1S/C22H18F3NO5S/c1-26(32(29,30)17-11-7-15(23)8-12-17)13-14-5-9-16(10-6-14)31-21(22(27)28)18-3-2-4-19(24)20(18)25/h2-12,21H,13H2,1H3,(H,27,28). The molecule has 32 heavy (non-hydrogen) atoms. The van der Waals surface area contributed by atoms with Gasteiger partial charge in [0.15, 0.2) is 11.6 Å². The second-order valence-corrected chi connectivity index (χ2v) is 8.88. The zero-order valence-electron chi connectivity index (χ0n) is 16.7. The Kier molecular flexibility index (Phi) is 6.85. The van der Waals surface area contributed by atoms with E-state index in [0.717, 1.165) is 40.7 Å². The third-order valence-corrected chi connectivity index (χ3v) is 6.41. The molecule has 1 N–H and O–H groups in total. The molecule has 0 radical (unpaired) electrons. The van der Waals surface area contributed by atoms with E-state index in [1.165, 1.54) is 37.4 Å². The van der Waals surface area contributed by atoms with E-state index < -0.39 is 45.1 Å². The van der Waals surface area contributed by atoms with Gasteiger partial charge in [0.2, 0.25) is 16.1 Å². The van der Waals surface area contributed by atoms with Gasteiger partial charge in [0, 0.05) is 19.2 Å². The topological polar surface area (TPSA) is 83.9 Å². The number of sulfonamides is 1. The smallest absolute Gasteiger partial charge is 0.349 e. The molecule has 3 aromatic carbocycles. The number of nitrogens with zero attached hydrogens (tertiary/aromatic N) is 1. The first kappa shape index (κ1) is 23.3. The van der Waals surface area contributed by atoms with Crippen molar-refractivity contribution in [2.75, 3.05) is 7.05 Å². The summed E-state index contributed by atoms with van der Waals surface area (Å²) in [6.07, 6.45) is -1.78. The van der Waals surface area contributed by atoms with Crippen LogP contribution in [0.15, 0.2) is 71.6 Å². The number of halogens is 3. The van der Waals surface area contributed by atoms with Crippen LogP contribution in [0.2, 0.25) is 0 Å². The predicted molar refractivity (Wildman–Crippen MR) is 109 cm³/mol. The highest BCUT2D eigenvalue weighted by Gasteiger charge is 2.27. The van der Waals surface area contributed by atoms with E-state index in [1.54, 1.807) is 0 Å². The molecule has 0 aliphatic rings. The molecule has 1 unspecified atom stereocenters. The highest BCUT2D eigenvalue weighted by molar-refractivity contribution is 7.89. The molecule has 6 nitrogen and oxygen atoms in total. The molecule has 0 aliphatic heterocycles. The highest BCUT2D eigenvalue weighted by atomic mass is 32.2. The number of hydrogen-bond donors (Lipinski definition) is 1. The van der Waals surface area contributed by atoms with Crippen LogP contribution in [-0.4, -0.2) is 30.8 Å². The van der Waals surface area contributed by atoms with E-state index in [1.807, 2.05) is 0 Å². The van der Waals surface area contributed by atoms with Gasteiger partial charge in [-0.25, -0.2) is 26.4 Å². The molecular formula is C22H18F3NO5S. The summed E-state index contributed by atoms with van der Waals surface area (Å²) in [5.41, 5.74) is 0.0843. The van der Waals surface area contributed by atoms with Crippen LogP contribution < -0.4 is 4.74 Å². The fourth-order valence-electron chi connectivity index (χ4n) is 2.91. The number of carbonyl (C=O) groups is 1. The van der Waals surface area contributed by atoms with Gasteiger partial charge in [0.05, 0.1) is 4.90 Å². The Hall–Kier alpha value is -3.37.